The van der Waals surface area contributed by atoms with E-state index in [4.69, 9.17) is 0 Å². The molecule has 0 saturated heterocycles. The van der Waals surface area contributed by atoms with Crippen molar-refractivity contribution in [3.05, 3.63) is 44.6 Å². The van der Waals surface area contributed by atoms with Crippen molar-refractivity contribution >= 4 is 54.0 Å². The van der Waals surface area contributed by atoms with Crippen LogP contribution in [0.5, 0.6) is 0 Å². The van der Waals surface area contributed by atoms with Gasteiger partial charge in [-0.1, -0.05) is 27.3 Å². The molecule has 5 heteroatoms. The molecule has 2 aromatic heterocycles. The molecule has 3 rings (SSSR count). The van der Waals surface area contributed by atoms with Crippen LogP contribution < -0.4 is 5.32 Å². The molecule has 3 aromatic rings. The van der Waals surface area contributed by atoms with Gasteiger partial charge in [-0.15, -0.1) is 11.3 Å². The maximum absolute atomic E-state index is 4.57. The van der Waals surface area contributed by atoms with Crippen LogP contribution in [0.1, 0.15) is 10.4 Å². The van der Waals surface area contributed by atoms with Gasteiger partial charge in [-0.05, 0) is 42.1 Å². The summed E-state index contributed by atoms with van der Waals surface area (Å²) in [6.45, 7) is 2.99. The fourth-order valence-corrected chi connectivity index (χ4v) is 3.97. The van der Waals surface area contributed by atoms with Gasteiger partial charge in [-0.25, -0.2) is 4.98 Å². The van der Waals surface area contributed by atoms with Crippen molar-refractivity contribution in [3.8, 4) is 0 Å². The molecule has 92 valence electrons. The predicted molar refractivity (Wildman–Crippen MR) is 83.7 cm³/mol. The van der Waals surface area contributed by atoms with Gasteiger partial charge in [0, 0.05) is 9.35 Å². The summed E-state index contributed by atoms with van der Waals surface area (Å²) < 4.78 is 2.30. The molecule has 1 N–H and O–H groups in total. The minimum absolute atomic E-state index is 0.852. The molecule has 1 aromatic carbocycles. The van der Waals surface area contributed by atoms with Gasteiger partial charge >= 0.3 is 0 Å². The second kappa shape index (κ2) is 4.99. The molecule has 18 heavy (non-hydrogen) atoms. The summed E-state index contributed by atoms with van der Waals surface area (Å²) in [6, 6.07) is 8.32. The SMILES string of the molecule is Cc1ccsc1CNc1nc2ccc(Br)cc2s1. The van der Waals surface area contributed by atoms with Crippen molar-refractivity contribution in [1.82, 2.24) is 4.98 Å². The molecule has 0 amide bonds. The Balaban J connectivity index is 1.81. The van der Waals surface area contributed by atoms with Crippen LogP contribution in [0.25, 0.3) is 10.2 Å². The number of fused-ring (bicyclic) bond motifs is 1. The predicted octanol–water partition coefficient (Wildman–Crippen LogP) is 5.04. The molecular formula is C13H11BrN2S2. The lowest BCUT2D eigenvalue weighted by Gasteiger charge is -2.00. The Morgan fingerprint density at radius 3 is 3.00 bits per heavy atom. The minimum atomic E-state index is 0.852. The normalized spacial score (nSPS) is 11.0. The zero-order valence-electron chi connectivity index (χ0n) is 9.74. The maximum Gasteiger partial charge on any atom is 0.184 e. The van der Waals surface area contributed by atoms with E-state index >= 15 is 0 Å². The van der Waals surface area contributed by atoms with Crippen molar-refractivity contribution in [2.75, 3.05) is 5.32 Å². The lowest BCUT2D eigenvalue weighted by molar-refractivity contribution is 1.16. The summed E-state index contributed by atoms with van der Waals surface area (Å²) in [5, 5.41) is 6.51. The van der Waals surface area contributed by atoms with Crippen molar-refractivity contribution in [2.45, 2.75) is 13.5 Å². The number of aryl methyl sites for hydroxylation is 1. The first-order valence-corrected chi connectivity index (χ1v) is 8.04. The number of anilines is 1. The van der Waals surface area contributed by atoms with Gasteiger partial charge < -0.3 is 5.32 Å². The Labute approximate surface area is 122 Å². The number of thiophene rings is 1. The molecule has 0 unspecified atom stereocenters. The van der Waals surface area contributed by atoms with Crippen molar-refractivity contribution in [2.24, 2.45) is 0 Å². The van der Waals surface area contributed by atoms with Gasteiger partial charge in [0.2, 0.25) is 0 Å². The Bertz CT molecular complexity index is 687. The smallest absolute Gasteiger partial charge is 0.184 e. The van der Waals surface area contributed by atoms with E-state index in [1.54, 1.807) is 22.7 Å². The third-order valence-electron chi connectivity index (χ3n) is 2.72. The number of thiazole rings is 1. The number of rotatable bonds is 3. The lowest BCUT2D eigenvalue weighted by Crippen LogP contribution is -1.97. The number of nitrogens with zero attached hydrogens (tertiary/aromatic N) is 1. The Morgan fingerprint density at radius 1 is 1.33 bits per heavy atom. The fourth-order valence-electron chi connectivity index (χ4n) is 1.72. The van der Waals surface area contributed by atoms with E-state index in [2.05, 4.69) is 50.7 Å². The number of hydrogen-bond acceptors (Lipinski definition) is 4. The Hall–Kier alpha value is -0.910. The van der Waals surface area contributed by atoms with E-state index in [-0.39, 0.29) is 0 Å². The molecule has 0 atom stereocenters. The minimum Gasteiger partial charge on any atom is -0.357 e. The standard InChI is InChI=1S/C13H11BrN2S2/c1-8-4-5-17-12(8)7-15-13-16-10-3-2-9(14)6-11(10)18-13/h2-6H,7H2,1H3,(H,15,16). The van der Waals surface area contributed by atoms with Crippen LogP contribution in [0.15, 0.2) is 34.1 Å². The molecule has 0 spiro atoms. The highest BCUT2D eigenvalue weighted by Crippen LogP contribution is 2.29. The van der Waals surface area contributed by atoms with Gasteiger partial charge in [0.25, 0.3) is 0 Å². The van der Waals surface area contributed by atoms with Gasteiger partial charge in [0.05, 0.1) is 16.8 Å². The van der Waals surface area contributed by atoms with Crippen LogP contribution in [-0.2, 0) is 6.54 Å². The first-order valence-electron chi connectivity index (χ1n) is 5.55. The first kappa shape index (κ1) is 12.1. The fraction of sp³-hybridized carbons (Fsp3) is 0.154. The van der Waals surface area contributed by atoms with E-state index in [1.165, 1.54) is 15.1 Å². The summed E-state index contributed by atoms with van der Waals surface area (Å²) >= 11 is 6.96. The third kappa shape index (κ3) is 2.43. The number of aromatic nitrogens is 1. The van der Waals surface area contributed by atoms with Gasteiger partial charge in [0.1, 0.15) is 0 Å². The summed E-state index contributed by atoms with van der Waals surface area (Å²) in [6.07, 6.45) is 0. The summed E-state index contributed by atoms with van der Waals surface area (Å²) in [7, 11) is 0. The third-order valence-corrected chi connectivity index (χ3v) is 5.21. The Kier molecular flexibility index (Phi) is 3.37. The van der Waals surface area contributed by atoms with Crippen LogP contribution in [-0.4, -0.2) is 4.98 Å². The Morgan fingerprint density at radius 2 is 2.22 bits per heavy atom. The topological polar surface area (TPSA) is 24.9 Å². The second-order valence-electron chi connectivity index (χ2n) is 4.01. The van der Waals surface area contributed by atoms with Gasteiger partial charge in [0.15, 0.2) is 5.13 Å². The molecule has 2 nitrogen and oxygen atoms in total. The van der Waals surface area contributed by atoms with E-state index in [9.17, 15) is 0 Å². The highest BCUT2D eigenvalue weighted by Gasteiger charge is 2.05. The molecule has 0 aliphatic carbocycles. The largest absolute Gasteiger partial charge is 0.357 e. The molecule has 0 fully saturated rings. The van der Waals surface area contributed by atoms with Crippen LogP contribution in [0.4, 0.5) is 5.13 Å². The monoisotopic (exact) mass is 338 g/mol. The number of hydrogen-bond donors (Lipinski definition) is 1. The second-order valence-corrected chi connectivity index (χ2v) is 6.96. The first-order chi connectivity index (χ1) is 8.72. The van der Waals surface area contributed by atoms with Crippen molar-refractivity contribution in [1.29, 1.82) is 0 Å². The molecule has 0 saturated carbocycles. The van der Waals surface area contributed by atoms with E-state index < -0.39 is 0 Å². The van der Waals surface area contributed by atoms with Crippen LogP contribution in [0.3, 0.4) is 0 Å². The molecule has 2 heterocycles. The molecule has 0 radical (unpaired) electrons. The van der Waals surface area contributed by atoms with Crippen LogP contribution in [0, 0.1) is 6.92 Å². The zero-order valence-corrected chi connectivity index (χ0v) is 13.0. The van der Waals surface area contributed by atoms with E-state index in [1.807, 2.05) is 12.1 Å². The van der Waals surface area contributed by atoms with E-state index in [0.717, 1.165) is 21.7 Å². The number of benzene rings is 1. The number of nitrogens with one attached hydrogen (secondary N) is 1. The zero-order chi connectivity index (χ0) is 12.5. The summed E-state index contributed by atoms with van der Waals surface area (Å²) in [4.78, 5) is 5.94. The number of halogens is 1. The molecule has 0 aliphatic heterocycles. The molecule has 0 bridgehead atoms. The maximum atomic E-state index is 4.57. The van der Waals surface area contributed by atoms with Crippen LogP contribution in [0.2, 0.25) is 0 Å². The van der Waals surface area contributed by atoms with Gasteiger partial charge in [-0.3, -0.25) is 0 Å². The quantitative estimate of drug-likeness (QED) is 0.723. The van der Waals surface area contributed by atoms with Crippen LogP contribution >= 0.6 is 38.6 Å². The van der Waals surface area contributed by atoms with Gasteiger partial charge in [-0.2, -0.15) is 0 Å². The summed E-state index contributed by atoms with van der Waals surface area (Å²) in [5.41, 5.74) is 2.39. The molecule has 0 aliphatic rings. The van der Waals surface area contributed by atoms with Crippen molar-refractivity contribution in [3.63, 3.8) is 0 Å². The lowest BCUT2D eigenvalue weighted by atomic mass is 10.3. The summed E-state index contributed by atoms with van der Waals surface area (Å²) in [5.74, 6) is 0. The highest BCUT2D eigenvalue weighted by atomic mass is 79.9. The molecular weight excluding hydrogens is 328 g/mol. The van der Waals surface area contributed by atoms with Crippen molar-refractivity contribution < 1.29 is 0 Å². The average Bonchev–Trinajstić information content (AvgIpc) is 2.92. The average molecular weight is 339 g/mol. The highest BCUT2D eigenvalue weighted by molar-refractivity contribution is 9.10. The van der Waals surface area contributed by atoms with E-state index in [0.29, 0.717) is 0 Å².